The molecule has 0 radical (unpaired) electrons. The normalized spacial score (nSPS) is 15.8. The summed E-state index contributed by atoms with van der Waals surface area (Å²) < 4.78 is 5.34. The molecular weight excluding hydrogens is 348 g/mol. The molecule has 1 aliphatic heterocycles. The molecule has 0 atom stereocenters. The monoisotopic (exact) mass is 374 g/mol. The molecule has 144 valence electrons. The Hall–Kier alpha value is -3.01. The van der Waals surface area contributed by atoms with Gasteiger partial charge in [-0.25, -0.2) is 4.79 Å². The zero-order valence-electron chi connectivity index (χ0n) is 16.4. The predicted molar refractivity (Wildman–Crippen MR) is 116 cm³/mol. The lowest BCUT2D eigenvalue weighted by molar-refractivity contribution is 0.294. The van der Waals surface area contributed by atoms with E-state index in [1.807, 2.05) is 25.1 Å². The van der Waals surface area contributed by atoms with Crippen LogP contribution in [-0.2, 0) is 0 Å². The molecular formula is C24H26N2O2. The number of hydrogen-bond donors (Lipinski definition) is 1. The molecule has 3 aromatic rings. The van der Waals surface area contributed by atoms with Crippen LogP contribution >= 0.6 is 0 Å². The number of anilines is 1. The minimum atomic E-state index is -0.308. The van der Waals surface area contributed by atoms with Crippen LogP contribution in [0.4, 0.5) is 5.69 Å². The summed E-state index contributed by atoms with van der Waals surface area (Å²) in [4.78, 5) is 14.3. The number of piperidine rings is 1. The highest BCUT2D eigenvalue weighted by atomic mass is 16.4. The van der Waals surface area contributed by atoms with Crippen molar-refractivity contribution in [1.82, 2.24) is 4.90 Å². The molecule has 28 heavy (non-hydrogen) atoms. The van der Waals surface area contributed by atoms with Crippen LogP contribution in [0.25, 0.3) is 16.5 Å². The van der Waals surface area contributed by atoms with Crippen LogP contribution in [-0.4, -0.2) is 24.0 Å². The van der Waals surface area contributed by atoms with Gasteiger partial charge in [-0.15, -0.1) is 0 Å². The zero-order chi connectivity index (χ0) is 19.5. The van der Waals surface area contributed by atoms with Crippen molar-refractivity contribution >= 4 is 22.2 Å². The van der Waals surface area contributed by atoms with E-state index in [1.165, 1.54) is 11.1 Å². The van der Waals surface area contributed by atoms with E-state index in [4.69, 9.17) is 4.42 Å². The maximum Gasteiger partial charge on any atom is 0.338 e. The van der Waals surface area contributed by atoms with Crippen LogP contribution in [0.5, 0.6) is 0 Å². The number of benzene rings is 2. The number of likely N-dealkylation sites (tertiary alicyclic amines) is 1. The van der Waals surface area contributed by atoms with E-state index in [9.17, 15) is 4.79 Å². The molecule has 4 rings (SSSR count). The summed E-state index contributed by atoms with van der Waals surface area (Å²) in [6.45, 7) is 6.21. The average molecular weight is 374 g/mol. The van der Waals surface area contributed by atoms with Gasteiger partial charge in [-0.05, 0) is 50.0 Å². The average Bonchev–Trinajstić information content (AvgIpc) is 2.70. The third-order valence-corrected chi connectivity index (χ3v) is 5.39. The Kier molecular flexibility index (Phi) is 5.20. The highest BCUT2D eigenvalue weighted by molar-refractivity contribution is 5.90. The number of aryl methyl sites for hydroxylation is 1. The van der Waals surface area contributed by atoms with Gasteiger partial charge in [0.1, 0.15) is 5.58 Å². The molecule has 1 saturated heterocycles. The van der Waals surface area contributed by atoms with Gasteiger partial charge in [0.2, 0.25) is 0 Å². The fraction of sp³-hybridized carbons (Fsp3) is 0.292. The minimum absolute atomic E-state index is 0.308. The Labute approximate surface area is 165 Å². The quantitative estimate of drug-likeness (QED) is 0.650. The van der Waals surface area contributed by atoms with Crippen molar-refractivity contribution < 1.29 is 4.42 Å². The van der Waals surface area contributed by atoms with Crippen LogP contribution in [0.1, 0.15) is 30.9 Å². The van der Waals surface area contributed by atoms with Gasteiger partial charge < -0.3 is 14.6 Å². The van der Waals surface area contributed by atoms with Crippen LogP contribution in [0, 0.1) is 6.92 Å². The van der Waals surface area contributed by atoms with Crippen molar-refractivity contribution in [2.75, 3.05) is 18.4 Å². The second-order valence-electron chi connectivity index (χ2n) is 7.61. The first-order valence-electron chi connectivity index (χ1n) is 9.87. The lowest BCUT2D eigenvalue weighted by Crippen LogP contribution is -2.36. The molecule has 2 aromatic carbocycles. The Bertz CT molecular complexity index is 1050. The first kappa shape index (κ1) is 18.4. The summed E-state index contributed by atoms with van der Waals surface area (Å²) in [6.07, 6.45) is 4.33. The van der Waals surface area contributed by atoms with Gasteiger partial charge in [0.05, 0.1) is 5.69 Å². The molecule has 4 nitrogen and oxygen atoms in total. The van der Waals surface area contributed by atoms with Crippen LogP contribution in [0.3, 0.4) is 0 Å². The molecule has 2 heterocycles. The number of fused-ring (bicyclic) bond motifs is 1. The van der Waals surface area contributed by atoms with Crippen LogP contribution in [0.15, 0.2) is 70.0 Å². The van der Waals surface area contributed by atoms with E-state index in [0.29, 0.717) is 11.6 Å². The van der Waals surface area contributed by atoms with Crippen molar-refractivity contribution in [2.24, 2.45) is 0 Å². The molecule has 0 unspecified atom stereocenters. The van der Waals surface area contributed by atoms with Crippen molar-refractivity contribution in [3.8, 4) is 0 Å². The first-order chi connectivity index (χ1) is 13.6. The van der Waals surface area contributed by atoms with Crippen LogP contribution < -0.4 is 10.9 Å². The lowest BCUT2D eigenvalue weighted by Gasteiger charge is -2.32. The molecule has 1 aliphatic rings. The maximum absolute atomic E-state index is 11.9. The fourth-order valence-electron chi connectivity index (χ4n) is 3.84. The third kappa shape index (κ3) is 4.11. The highest BCUT2D eigenvalue weighted by Gasteiger charge is 2.19. The van der Waals surface area contributed by atoms with Gasteiger partial charge in [0.25, 0.3) is 0 Å². The summed E-state index contributed by atoms with van der Waals surface area (Å²) in [5.41, 5.74) is 4.91. The molecule has 0 aliphatic carbocycles. The van der Waals surface area contributed by atoms with Gasteiger partial charge in [-0.2, -0.15) is 0 Å². The number of nitrogens with zero attached hydrogens (tertiary/aromatic N) is 1. The van der Waals surface area contributed by atoms with Crippen molar-refractivity contribution in [3.63, 3.8) is 0 Å². The number of rotatable bonds is 4. The van der Waals surface area contributed by atoms with Crippen molar-refractivity contribution in [3.05, 3.63) is 82.3 Å². The molecule has 1 fully saturated rings. The largest absolute Gasteiger partial charge is 0.423 e. The second-order valence-corrected chi connectivity index (χ2v) is 7.61. The van der Waals surface area contributed by atoms with Crippen LogP contribution in [0.2, 0.25) is 0 Å². The number of allylic oxidation sites excluding steroid dienone is 1. The molecule has 0 bridgehead atoms. The SMILES string of the molecule is C/C(=C\N1CCC(Nc2cc(=O)oc3ccc(C)cc23)CC1)c1ccccc1. The van der Waals surface area contributed by atoms with E-state index >= 15 is 0 Å². The molecule has 1 N–H and O–H groups in total. The summed E-state index contributed by atoms with van der Waals surface area (Å²) in [7, 11) is 0. The van der Waals surface area contributed by atoms with Gasteiger partial charge >= 0.3 is 5.63 Å². The zero-order valence-corrected chi connectivity index (χ0v) is 16.4. The van der Waals surface area contributed by atoms with E-state index in [0.717, 1.165) is 42.6 Å². The number of hydrogen-bond acceptors (Lipinski definition) is 4. The number of nitrogens with one attached hydrogen (secondary N) is 1. The van der Waals surface area contributed by atoms with Gasteiger partial charge in [-0.3, -0.25) is 0 Å². The summed E-state index contributed by atoms with van der Waals surface area (Å²) in [6, 6.07) is 18.3. The molecule has 1 aromatic heterocycles. The molecule has 0 amide bonds. The van der Waals surface area contributed by atoms with Gasteiger partial charge in [0, 0.05) is 36.8 Å². The van der Waals surface area contributed by atoms with E-state index in [-0.39, 0.29) is 5.63 Å². The first-order valence-corrected chi connectivity index (χ1v) is 9.87. The Morgan fingerprint density at radius 2 is 1.86 bits per heavy atom. The highest BCUT2D eigenvalue weighted by Crippen LogP contribution is 2.26. The van der Waals surface area contributed by atoms with Gasteiger partial charge in [-0.1, -0.05) is 42.0 Å². The standard InChI is InChI=1S/C24H26N2O2/c1-17-8-9-23-21(14-17)22(15-24(27)28-23)25-20-10-12-26(13-11-20)16-18(2)19-6-4-3-5-7-19/h3-9,14-16,20,25H,10-13H2,1-2H3/b18-16+. The smallest absolute Gasteiger partial charge is 0.338 e. The van der Waals surface area contributed by atoms with Crippen molar-refractivity contribution in [2.45, 2.75) is 32.7 Å². The third-order valence-electron chi connectivity index (χ3n) is 5.39. The van der Waals surface area contributed by atoms with E-state index < -0.39 is 0 Å². The predicted octanol–water partition coefficient (Wildman–Crippen LogP) is 5.04. The van der Waals surface area contributed by atoms with E-state index in [2.05, 4.69) is 53.7 Å². The summed E-state index contributed by atoms with van der Waals surface area (Å²) in [5, 5.41) is 4.56. The van der Waals surface area contributed by atoms with Crippen molar-refractivity contribution in [1.29, 1.82) is 0 Å². The molecule has 0 saturated carbocycles. The Balaban J connectivity index is 1.45. The van der Waals surface area contributed by atoms with Gasteiger partial charge in [0.15, 0.2) is 0 Å². The Morgan fingerprint density at radius 1 is 1.11 bits per heavy atom. The minimum Gasteiger partial charge on any atom is -0.423 e. The fourth-order valence-corrected chi connectivity index (χ4v) is 3.84. The molecule has 0 spiro atoms. The van der Waals surface area contributed by atoms with E-state index in [1.54, 1.807) is 6.07 Å². The lowest BCUT2D eigenvalue weighted by atomic mass is 10.0. The maximum atomic E-state index is 11.9. The second kappa shape index (κ2) is 7.93. The summed E-state index contributed by atoms with van der Waals surface area (Å²) >= 11 is 0. The Morgan fingerprint density at radius 3 is 2.61 bits per heavy atom. The molecule has 4 heteroatoms. The topological polar surface area (TPSA) is 45.5 Å². The summed E-state index contributed by atoms with van der Waals surface area (Å²) in [5.74, 6) is 0.